The van der Waals surface area contributed by atoms with Crippen LogP contribution in [0.3, 0.4) is 0 Å². The zero-order valence-electron chi connectivity index (χ0n) is 16.1. The first-order valence-electron chi connectivity index (χ1n) is 8.78. The van der Waals surface area contributed by atoms with E-state index in [9.17, 15) is 18.4 Å². The third kappa shape index (κ3) is 4.63. The molecule has 0 saturated carbocycles. The van der Waals surface area contributed by atoms with Crippen molar-refractivity contribution in [2.45, 2.75) is 27.3 Å². The largest absolute Gasteiger partial charge is 0.322 e. The summed E-state index contributed by atoms with van der Waals surface area (Å²) in [5.41, 5.74) is 2.77. The number of aryl methyl sites for hydroxylation is 2. The predicted octanol–water partition coefficient (Wildman–Crippen LogP) is 3.37. The van der Waals surface area contributed by atoms with Crippen molar-refractivity contribution in [1.82, 2.24) is 15.0 Å². The van der Waals surface area contributed by atoms with E-state index < -0.39 is 23.4 Å². The number of carbonyl (C=O) groups excluding carboxylic acids is 2. The molecule has 0 unspecified atom stereocenters. The number of rotatable bonds is 5. The number of hydrogen-bond acceptors (Lipinski definition) is 4. The number of benzene rings is 2. The summed E-state index contributed by atoms with van der Waals surface area (Å²) >= 11 is 0. The molecular weight excluding hydrogens is 380 g/mol. The van der Waals surface area contributed by atoms with Gasteiger partial charge >= 0.3 is 0 Å². The first-order chi connectivity index (χ1) is 13.7. The molecule has 0 fully saturated rings. The van der Waals surface area contributed by atoms with E-state index in [0.29, 0.717) is 11.4 Å². The third-order valence-corrected chi connectivity index (χ3v) is 4.32. The molecule has 1 aromatic heterocycles. The van der Waals surface area contributed by atoms with Crippen molar-refractivity contribution < 1.29 is 18.4 Å². The number of hydrogen-bond donors (Lipinski definition) is 2. The summed E-state index contributed by atoms with van der Waals surface area (Å²) in [4.78, 5) is 24.7. The molecule has 0 aliphatic rings. The Labute approximate surface area is 165 Å². The molecule has 0 radical (unpaired) electrons. The van der Waals surface area contributed by atoms with Crippen molar-refractivity contribution in [1.29, 1.82) is 0 Å². The number of amides is 2. The first-order valence-corrected chi connectivity index (χ1v) is 8.78. The van der Waals surface area contributed by atoms with E-state index in [0.717, 1.165) is 29.3 Å². The molecule has 0 aliphatic heterocycles. The van der Waals surface area contributed by atoms with E-state index in [2.05, 4.69) is 20.9 Å². The van der Waals surface area contributed by atoms with Crippen molar-refractivity contribution in [3.63, 3.8) is 0 Å². The van der Waals surface area contributed by atoms with Gasteiger partial charge in [0, 0.05) is 11.8 Å². The monoisotopic (exact) mass is 399 g/mol. The molecule has 2 aromatic carbocycles. The normalized spacial score (nSPS) is 10.7. The van der Waals surface area contributed by atoms with E-state index in [4.69, 9.17) is 0 Å². The van der Waals surface area contributed by atoms with Crippen molar-refractivity contribution >= 4 is 23.2 Å². The van der Waals surface area contributed by atoms with Gasteiger partial charge in [0.2, 0.25) is 5.91 Å². The minimum atomic E-state index is -0.761. The fraction of sp³-hybridized carbons (Fsp3) is 0.200. The van der Waals surface area contributed by atoms with Crippen LogP contribution in [0.2, 0.25) is 0 Å². The molecule has 0 atom stereocenters. The van der Waals surface area contributed by atoms with Crippen LogP contribution in [0.15, 0.2) is 36.4 Å². The second-order valence-corrected chi connectivity index (χ2v) is 6.63. The highest BCUT2D eigenvalue weighted by Crippen LogP contribution is 2.18. The average Bonchev–Trinajstić information content (AvgIpc) is 3.01. The van der Waals surface area contributed by atoms with Gasteiger partial charge in [-0.05, 0) is 44.5 Å². The fourth-order valence-corrected chi connectivity index (χ4v) is 2.77. The van der Waals surface area contributed by atoms with Crippen LogP contribution in [0, 0.1) is 32.4 Å². The maximum atomic E-state index is 13.7. The lowest BCUT2D eigenvalue weighted by atomic mass is 10.1. The molecule has 2 N–H and O–H groups in total. The van der Waals surface area contributed by atoms with E-state index >= 15 is 0 Å². The summed E-state index contributed by atoms with van der Waals surface area (Å²) < 4.78 is 28.1. The summed E-state index contributed by atoms with van der Waals surface area (Å²) in [6.45, 7) is 5.11. The zero-order valence-corrected chi connectivity index (χ0v) is 16.1. The predicted molar refractivity (Wildman–Crippen MR) is 104 cm³/mol. The quantitative estimate of drug-likeness (QED) is 0.688. The Hall–Kier alpha value is -3.62. The lowest BCUT2D eigenvalue weighted by Crippen LogP contribution is -2.21. The Kier molecular flexibility index (Phi) is 5.67. The molecule has 1 heterocycles. The Morgan fingerprint density at radius 2 is 1.76 bits per heavy atom. The standard InChI is InChI=1S/C20H19F2N5O2/c1-11-4-7-16(12(2)8-11)24-20(29)19-13(3)27(26-25-19)10-18(28)23-17-9-14(21)5-6-15(17)22/h4-9H,10H2,1-3H3,(H,23,28)(H,24,29). The van der Waals surface area contributed by atoms with Crippen LogP contribution < -0.4 is 10.6 Å². The molecule has 3 rings (SSSR count). The second-order valence-electron chi connectivity index (χ2n) is 6.63. The molecule has 29 heavy (non-hydrogen) atoms. The van der Waals surface area contributed by atoms with Crippen LogP contribution in [0.4, 0.5) is 20.2 Å². The van der Waals surface area contributed by atoms with Gasteiger partial charge in [-0.25, -0.2) is 13.5 Å². The number of nitrogens with one attached hydrogen (secondary N) is 2. The smallest absolute Gasteiger partial charge is 0.278 e. The molecule has 0 aliphatic carbocycles. The maximum Gasteiger partial charge on any atom is 0.278 e. The van der Waals surface area contributed by atoms with Gasteiger partial charge in [0.05, 0.1) is 11.4 Å². The highest BCUT2D eigenvalue weighted by atomic mass is 19.1. The molecule has 0 saturated heterocycles. The number of carbonyl (C=O) groups is 2. The highest BCUT2D eigenvalue weighted by Gasteiger charge is 2.19. The Bertz CT molecular complexity index is 1090. The van der Waals surface area contributed by atoms with Crippen LogP contribution in [0.1, 0.15) is 27.3 Å². The van der Waals surface area contributed by atoms with E-state index in [1.54, 1.807) is 13.0 Å². The summed E-state index contributed by atoms with van der Waals surface area (Å²) in [7, 11) is 0. The highest BCUT2D eigenvalue weighted by molar-refractivity contribution is 6.04. The molecule has 0 spiro atoms. The summed E-state index contributed by atoms with van der Waals surface area (Å²) in [5.74, 6) is -2.53. The molecule has 3 aromatic rings. The van der Waals surface area contributed by atoms with Gasteiger partial charge in [0.1, 0.15) is 18.2 Å². The minimum Gasteiger partial charge on any atom is -0.322 e. The van der Waals surface area contributed by atoms with Crippen LogP contribution in [0.25, 0.3) is 0 Å². The SMILES string of the molecule is Cc1ccc(NC(=O)c2nnn(CC(=O)Nc3cc(F)ccc3F)c2C)c(C)c1. The topological polar surface area (TPSA) is 88.9 Å². The van der Waals surface area contributed by atoms with Gasteiger partial charge in [-0.2, -0.15) is 0 Å². The molecular formula is C20H19F2N5O2. The molecule has 0 bridgehead atoms. The average molecular weight is 399 g/mol. The number of anilines is 2. The van der Waals surface area contributed by atoms with Crippen molar-refractivity contribution in [3.8, 4) is 0 Å². The van der Waals surface area contributed by atoms with Crippen LogP contribution in [-0.2, 0) is 11.3 Å². The van der Waals surface area contributed by atoms with Gasteiger partial charge in [-0.3, -0.25) is 9.59 Å². The van der Waals surface area contributed by atoms with Crippen molar-refractivity contribution in [2.24, 2.45) is 0 Å². The minimum absolute atomic E-state index is 0.0645. The number of nitrogens with zero attached hydrogens (tertiary/aromatic N) is 3. The summed E-state index contributed by atoms with van der Waals surface area (Å²) in [6, 6.07) is 8.36. The van der Waals surface area contributed by atoms with Crippen molar-refractivity contribution in [3.05, 3.63) is 70.5 Å². The van der Waals surface area contributed by atoms with Crippen LogP contribution >= 0.6 is 0 Å². The molecule has 7 nitrogen and oxygen atoms in total. The summed E-state index contributed by atoms with van der Waals surface area (Å²) in [6.07, 6.45) is 0. The summed E-state index contributed by atoms with van der Waals surface area (Å²) in [5, 5.41) is 12.7. The third-order valence-electron chi connectivity index (χ3n) is 4.32. The number of aromatic nitrogens is 3. The van der Waals surface area contributed by atoms with Crippen molar-refractivity contribution in [2.75, 3.05) is 10.6 Å². The lowest BCUT2D eigenvalue weighted by molar-refractivity contribution is -0.117. The van der Waals surface area contributed by atoms with E-state index in [1.165, 1.54) is 4.68 Å². The van der Waals surface area contributed by atoms with Crippen LogP contribution in [0.5, 0.6) is 0 Å². The Morgan fingerprint density at radius 1 is 1.00 bits per heavy atom. The lowest BCUT2D eigenvalue weighted by Gasteiger charge is -2.09. The van der Waals surface area contributed by atoms with Gasteiger partial charge < -0.3 is 10.6 Å². The van der Waals surface area contributed by atoms with Gasteiger partial charge in [0.25, 0.3) is 5.91 Å². The van der Waals surface area contributed by atoms with Gasteiger partial charge in [-0.1, -0.05) is 22.9 Å². The van der Waals surface area contributed by atoms with E-state index in [-0.39, 0.29) is 17.9 Å². The molecule has 2 amide bonds. The second kappa shape index (κ2) is 8.17. The first kappa shape index (κ1) is 20.1. The Morgan fingerprint density at radius 3 is 2.48 bits per heavy atom. The fourth-order valence-electron chi connectivity index (χ4n) is 2.77. The van der Waals surface area contributed by atoms with Crippen LogP contribution in [-0.4, -0.2) is 26.8 Å². The zero-order chi connectivity index (χ0) is 21.1. The molecule has 9 heteroatoms. The maximum absolute atomic E-state index is 13.7. The van der Waals surface area contributed by atoms with E-state index in [1.807, 2.05) is 26.0 Å². The van der Waals surface area contributed by atoms with Gasteiger partial charge in [0.15, 0.2) is 5.69 Å². The molecule has 150 valence electrons. The van der Waals surface area contributed by atoms with Gasteiger partial charge in [-0.15, -0.1) is 5.10 Å². The Balaban J connectivity index is 1.70. The number of halogens is 2.